The second-order valence-corrected chi connectivity index (χ2v) is 13.4. The lowest BCUT2D eigenvalue weighted by atomic mass is 10.0. The van der Waals surface area contributed by atoms with E-state index in [-0.39, 0.29) is 55.7 Å². The van der Waals surface area contributed by atoms with Gasteiger partial charge in [-0.05, 0) is 38.0 Å². The van der Waals surface area contributed by atoms with E-state index in [1.54, 1.807) is 0 Å². The Morgan fingerprint density at radius 1 is 0.811 bits per heavy atom. The first-order valence-electron chi connectivity index (χ1n) is 16.8. The standard InChI is InChI=1S/C30H52N10O11S2/c1-14(2)9-15(31)23(44)35-16(5-3-7-34-30(32)33)24(45)38-19(12-52)26(47)36-17(10-22(42)43)25(46)37-18(11-41)28(49)40-8-4-6-21(40)27(48)39-20(13-53)29(50)51/h14-21,41,52-53H,3-13,31H2,1-2H3,(H,35,44)(H,36,47)(H,37,46)(H,38,45)(H,39,48)(H,42,43)(H,50,51)(H4,32,33,34). The number of aliphatic hydroxyl groups excluding tert-OH is 1. The van der Waals surface area contributed by atoms with Crippen molar-refractivity contribution in [2.75, 3.05) is 31.2 Å². The van der Waals surface area contributed by atoms with E-state index in [0.717, 1.165) is 4.90 Å². The van der Waals surface area contributed by atoms with Crippen LogP contribution in [0.25, 0.3) is 0 Å². The number of aliphatic carboxylic acids is 2. The van der Waals surface area contributed by atoms with E-state index in [2.05, 4.69) is 56.8 Å². The third-order valence-corrected chi connectivity index (χ3v) is 8.63. The number of nitrogens with zero attached hydrogens (tertiary/aromatic N) is 2. The molecule has 0 aromatic rings. The summed E-state index contributed by atoms with van der Waals surface area (Å²) in [5, 5.41) is 40.3. The molecule has 300 valence electrons. The predicted molar refractivity (Wildman–Crippen MR) is 196 cm³/mol. The van der Waals surface area contributed by atoms with Crippen molar-refractivity contribution in [2.45, 2.75) is 94.7 Å². The number of carboxylic acids is 2. The third-order valence-electron chi connectivity index (χ3n) is 7.90. The number of nitrogens with two attached hydrogens (primary N) is 3. The van der Waals surface area contributed by atoms with Gasteiger partial charge in [0.05, 0.1) is 19.1 Å². The van der Waals surface area contributed by atoms with Crippen LogP contribution in [0.3, 0.4) is 0 Å². The fourth-order valence-electron chi connectivity index (χ4n) is 5.20. The van der Waals surface area contributed by atoms with Crippen molar-refractivity contribution in [2.24, 2.45) is 28.1 Å². The molecule has 6 amide bonds. The zero-order valence-corrected chi connectivity index (χ0v) is 31.3. The van der Waals surface area contributed by atoms with Crippen molar-refractivity contribution < 1.29 is 53.7 Å². The van der Waals surface area contributed by atoms with E-state index in [1.807, 2.05) is 13.8 Å². The first-order valence-corrected chi connectivity index (χ1v) is 18.0. The number of thiol groups is 2. The minimum Gasteiger partial charge on any atom is -0.481 e. The summed E-state index contributed by atoms with van der Waals surface area (Å²) < 4.78 is 0. The Morgan fingerprint density at radius 2 is 1.36 bits per heavy atom. The van der Waals surface area contributed by atoms with Gasteiger partial charge in [0.15, 0.2) is 5.96 Å². The summed E-state index contributed by atoms with van der Waals surface area (Å²) in [5.74, 6) is -8.94. The Labute approximate surface area is 317 Å². The van der Waals surface area contributed by atoms with Crippen molar-refractivity contribution in [1.29, 1.82) is 0 Å². The zero-order chi connectivity index (χ0) is 40.4. The molecule has 53 heavy (non-hydrogen) atoms. The van der Waals surface area contributed by atoms with Gasteiger partial charge in [-0.2, -0.15) is 25.3 Å². The molecule has 1 saturated heterocycles. The number of carbonyl (C=O) groups excluding carboxylic acids is 6. The Balaban J connectivity index is 3.11. The molecule has 0 spiro atoms. The summed E-state index contributed by atoms with van der Waals surface area (Å²) in [6.07, 6.45) is 0.101. The van der Waals surface area contributed by atoms with Crippen molar-refractivity contribution in [3.05, 3.63) is 0 Å². The largest absolute Gasteiger partial charge is 0.481 e. The summed E-state index contributed by atoms with van der Waals surface area (Å²) in [5.41, 5.74) is 16.7. The molecule has 0 saturated carbocycles. The molecule has 1 aliphatic rings. The van der Waals surface area contributed by atoms with Crippen LogP contribution >= 0.6 is 25.3 Å². The monoisotopic (exact) mass is 792 g/mol. The summed E-state index contributed by atoms with van der Waals surface area (Å²) >= 11 is 8.00. The van der Waals surface area contributed by atoms with Crippen molar-refractivity contribution >= 4 is 78.6 Å². The molecule has 0 aromatic carbocycles. The smallest absolute Gasteiger partial charge is 0.327 e. The number of nitrogens with one attached hydrogen (secondary N) is 5. The second kappa shape index (κ2) is 23.3. The van der Waals surface area contributed by atoms with Gasteiger partial charge in [0.25, 0.3) is 0 Å². The van der Waals surface area contributed by atoms with Crippen LogP contribution in [0.4, 0.5) is 0 Å². The molecule has 1 fully saturated rings. The number of rotatable bonds is 23. The SMILES string of the molecule is CC(C)CC(N)C(=O)NC(CCCN=C(N)N)C(=O)NC(CS)C(=O)NC(CC(=O)O)C(=O)NC(CO)C(=O)N1CCCC1C(=O)NC(CS)C(=O)O. The van der Waals surface area contributed by atoms with E-state index in [9.17, 15) is 53.7 Å². The second-order valence-electron chi connectivity index (χ2n) is 12.7. The molecule has 0 bridgehead atoms. The van der Waals surface area contributed by atoms with Gasteiger partial charge in [-0.1, -0.05) is 13.8 Å². The van der Waals surface area contributed by atoms with E-state index >= 15 is 0 Å². The van der Waals surface area contributed by atoms with Crippen LogP contribution in [-0.2, 0) is 38.4 Å². The number of carboxylic acid groups (broad SMARTS) is 2. The average molecular weight is 793 g/mol. The first-order chi connectivity index (χ1) is 24.9. The molecule has 21 nitrogen and oxygen atoms in total. The Bertz CT molecular complexity index is 1350. The minimum atomic E-state index is -1.82. The van der Waals surface area contributed by atoms with Crippen LogP contribution in [0, 0.1) is 5.92 Å². The number of likely N-dealkylation sites (tertiary alicyclic amines) is 1. The topological polar surface area (TPSA) is 351 Å². The molecule has 1 rings (SSSR count). The molecule has 0 radical (unpaired) electrons. The number of amides is 6. The van der Waals surface area contributed by atoms with Gasteiger partial charge in [0, 0.05) is 24.6 Å². The van der Waals surface area contributed by atoms with Gasteiger partial charge in [-0.3, -0.25) is 38.6 Å². The molecule has 14 N–H and O–H groups in total. The highest BCUT2D eigenvalue weighted by molar-refractivity contribution is 7.80. The normalized spacial score (nSPS) is 17.3. The molecule has 0 aliphatic carbocycles. The number of hydrogen-bond donors (Lipinski definition) is 13. The maximum absolute atomic E-state index is 13.3. The fraction of sp³-hybridized carbons (Fsp3) is 0.700. The molecule has 1 aliphatic heterocycles. The molecule has 0 aromatic heterocycles. The Kier molecular flexibility index (Phi) is 20.6. The minimum absolute atomic E-state index is 0.0269. The van der Waals surface area contributed by atoms with Crippen molar-refractivity contribution in [3.63, 3.8) is 0 Å². The van der Waals surface area contributed by atoms with Gasteiger partial charge in [-0.15, -0.1) is 0 Å². The fourth-order valence-corrected chi connectivity index (χ4v) is 5.71. The predicted octanol–water partition coefficient (Wildman–Crippen LogP) is -4.76. The van der Waals surface area contributed by atoms with Crippen LogP contribution in [0.2, 0.25) is 0 Å². The number of hydrogen-bond acceptors (Lipinski definition) is 13. The molecule has 7 unspecified atom stereocenters. The lowest BCUT2D eigenvalue weighted by Crippen LogP contribution is -2.61. The summed E-state index contributed by atoms with van der Waals surface area (Å²) in [6.45, 7) is 2.88. The van der Waals surface area contributed by atoms with Crippen LogP contribution < -0.4 is 43.8 Å². The van der Waals surface area contributed by atoms with Gasteiger partial charge in [-0.25, -0.2) is 4.79 Å². The summed E-state index contributed by atoms with van der Waals surface area (Å²) in [4.78, 5) is 107. The van der Waals surface area contributed by atoms with E-state index in [1.165, 1.54) is 0 Å². The molecular weight excluding hydrogens is 741 g/mol. The molecule has 7 atom stereocenters. The van der Waals surface area contributed by atoms with Gasteiger partial charge < -0.3 is 64.0 Å². The summed E-state index contributed by atoms with van der Waals surface area (Å²) in [7, 11) is 0. The Morgan fingerprint density at radius 3 is 1.89 bits per heavy atom. The summed E-state index contributed by atoms with van der Waals surface area (Å²) in [6, 6.07) is -9.57. The molecule has 23 heteroatoms. The highest BCUT2D eigenvalue weighted by Crippen LogP contribution is 2.19. The highest BCUT2D eigenvalue weighted by atomic mass is 32.1. The van der Waals surface area contributed by atoms with Gasteiger partial charge in [0.1, 0.15) is 36.3 Å². The van der Waals surface area contributed by atoms with E-state index in [0.29, 0.717) is 12.8 Å². The van der Waals surface area contributed by atoms with Crippen LogP contribution in [0.1, 0.15) is 52.4 Å². The van der Waals surface area contributed by atoms with Crippen LogP contribution in [0.15, 0.2) is 4.99 Å². The average Bonchev–Trinajstić information content (AvgIpc) is 3.58. The van der Waals surface area contributed by atoms with Crippen LogP contribution in [0.5, 0.6) is 0 Å². The number of guanidine groups is 1. The molecule has 1 heterocycles. The maximum atomic E-state index is 13.3. The number of carbonyl (C=O) groups is 8. The van der Waals surface area contributed by atoms with E-state index in [4.69, 9.17) is 17.2 Å². The zero-order valence-electron chi connectivity index (χ0n) is 29.5. The van der Waals surface area contributed by atoms with E-state index < -0.39 is 103 Å². The van der Waals surface area contributed by atoms with Gasteiger partial charge in [0.2, 0.25) is 35.4 Å². The third kappa shape index (κ3) is 16.1. The lowest BCUT2D eigenvalue weighted by Gasteiger charge is -2.29. The molecular formula is C30H52N10O11S2. The lowest BCUT2D eigenvalue weighted by molar-refractivity contribution is -0.145. The maximum Gasteiger partial charge on any atom is 0.327 e. The first kappa shape index (κ1) is 46.7. The van der Waals surface area contributed by atoms with Crippen molar-refractivity contribution in [1.82, 2.24) is 31.5 Å². The highest BCUT2D eigenvalue weighted by Gasteiger charge is 2.40. The Hall–Kier alpha value is -4.35. The van der Waals surface area contributed by atoms with Gasteiger partial charge >= 0.3 is 11.9 Å². The number of aliphatic hydroxyl groups is 1. The van der Waals surface area contributed by atoms with Crippen LogP contribution in [-0.4, -0.2) is 147 Å². The number of aliphatic imine (C=N–C) groups is 1. The quantitative estimate of drug-likeness (QED) is 0.0200. The van der Waals surface area contributed by atoms with Crippen molar-refractivity contribution in [3.8, 4) is 0 Å².